The minimum absolute atomic E-state index is 0.146. The highest BCUT2D eigenvalue weighted by Gasteiger charge is 2.38. The lowest BCUT2D eigenvalue weighted by molar-refractivity contribution is -0.129. The van der Waals surface area contributed by atoms with Crippen molar-refractivity contribution in [1.29, 1.82) is 0 Å². The summed E-state index contributed by atoms with van der Waals surface area (Å²) in [6.45, 7) is 0.718. The van der Waals surface area contributed by atoms with Crippen molar-refractivity contribution in [2.75, 3.05) is 41.0 Å². The first-order chi connectivity index (χ1) is 14.0. The number of cyclic esters (lactones) is 1. The van der Waals surface area contributed by atoms with Crippen molar-refractivity contribution in [2.45, 2.75) is 18.9 Å². The van der Waals surface area contributed by atoms with Crippen molar-refractivity contribution in [2.24, 2.45) is 0 Å². The van der Waals surface area contributed by atoms with Gasteiger partial charge in [0.15, 0.2) is 18.1 Å². The largest absolute Gasteiger partial charge is 0.493 e. The molecule has 9 nitrogen and oxygen atoms in total. The molecule has 3 rings (SSSR count). The van der Waals surface area contributed by atoms with Crippen LogP contribution in [0.3, 0.4) is 0 Å². The van der Waals surface area contributed by atoms with Gasteiger partial charge in [-0.1, -0.05) is 0 Å². The third kappa shape index (κ3) is 4.28. The summed E-state index contributed by atoms with van der Waals surface area (Å²) in [5.41, 5.74) is 0.730. The average molecular weight is 404 g/mol. The fourth-order valence-corrected chi connectivity index (χ4v) is 3.53. The van der Waals surface area contributed by atoms with Gasteiger partial charge in [-0.25, -0.2) is 9.69 Å². The molecule has 1 aromatic rings. The molecule has 3 amide bonds. The van der Waals surface area contributed by atoms with Crippen LogP contribution in [-0.2, 0) is 14.3 Å². The molecule has 9 heteroatoms. The third-order valence-electron chi connectivity index (χ3n) is 5.03. The summed E-state index contributed by atoms with van der Waals surface area (Å²) in [5, 5.41) is 0. The molecule has 0 bridgehead atoms. The highest BCUT2D eigenvalue weighted by atomic mass is 16.6. The van der Waals surface area contributed by atoms with E-state index in [0.717, 1.165) is 5.56 Å². The number of methoxy groups -OCH3 is 3. The molecule has 2 saturated heterocycles. The molecule has 0 unspecified atom stereocenters. The number of rotatable bonds is 6. The first kappa shape index (κ1) is 20.5. The van der Waals surface area contributed by atoms with E-state index in [1.54, 1.807) is 23.1 Å². The number of piperidine rings is 1. The molecule has 2 heterocycles. The predicted molar refractivity (Wildman–Crippen MR) is 103 cm³/mol. The van der Waals surface area contributed by atoms with E-state index in [1.165, 1.54) is 32.3 Å². The first-order valence-electron chi connectivity index (χ1n) is 9.24. The molecule has 0 radical (unpaired) electrons. The quantitative estimate of drug-likeness (QED) is 0.666. The Hall–Kier alpha value is -3.23. The lowest BCUT2D eigenvalue weighted by Gasteiger charge is -2.34. The highest BCUT2D eigenvalue weighted by Crippen LogP contribution is 2.38. The Labute approximate surface area is 168 Å². The molecule has 0 aliphatic carbocycles. The van der Waals surface area contributed by atoms with Gasteiger partial charge in [0, 0.05) is 25.2 Å². The van der Waals surface area contributed by atoms with E-state index in [2.05, 4.69) is 0 Å². The maximum atomic E-state index is 12.5. The van der Waals surface area contributed by atoms with Gasteiger partial charge in [0.05, 0.1) is 21.3 Å². The van der Waals surface area contributed by atoms with Crippen LogP contribution in [0.15, 0.2) is 18.2 Å². The zero-order chi connectivity index (χ0) is 21.0. The lowest BCUT2D eigenvalue weighted by Crippen LogP contribution is -2.48. The van der Waals surface area contributed by atoms with E-state index in [1.807, 2.05) is 0 Å². The number of imide groups is 1. The van der Waals surface area contributed by atoms with Gasteiger partial charge in [0.1, 0.15) is 0 Å². The van der Waals surface area contributed by atoms with Crippen LogP contribution in [0, 0.1) is 0 Å². The minimum Gasteiger partial charge on any atom is -0.493 e. The molecule has 29 heavy (non-hydrogen) atoms. The Kier molecular flexibility index (Phi) is 6.26. The number of likely N-dealkylation sites (tertiary alicyclic amines) is 1. The second-order valence-corrected chi connectivity index (χ2v) is 6.67. The molecule has 0 saturated carbocycles. The van der Waals surface area contributed by atoms with Gasteiger partial charge in [0.25, 0.3) is 5.91 Å². The molecule has 0 atom stereocenters. The van der Waals surface area contributed by atoms with Crippen molar-refractivity contribution in [3.8, 4) is 17.2 Å². The van der Waals surface area contributed by atoms with E-state index >= 15 is 0 Å². The number of hydrogen-bond donors (Lipinski definition) is 0. The van der Waals surface area contributed by atoms with Gasteiger partial charge in [-0.15, -0.1) is 0 Å². The Bertz CT molecular complexity index is 787. The van der Waals surface area contributed by atoms with Gasteiger partial charge in [-0.05, 0) is 36.6 Å². The maximum absolute atomic E-state index is 12.5. The SMILES string of the molecule is COc1cc(/C=C/C(=O)N2CCC(N3C(=O)COC3=O)CC2)cc(OC)c1OC. The normalized spacial score (nSPS) is 17.6. The summed E-state index contributed by atoms with van der Waals surface area (Å²) in [5.74, 6) is 1.02. The molecule has 156 valence electrons. The van der Waals surface area contributed by atoms with Crippen LogP contribution < -0.4 is 14.2 Å². The molecule has 2 aliphatic rings. The van der Waals surface area contributed by atoms with E-state index in [-0.39, 0.29) is 24.5 Å². The maximum Gasteiger partial charge on any atom is 0.417 e. The summed E-state index contributed by atoms with van der Waals surface area (Å²) >= 11 is 0. The summed E-state index contributed by atoms with van der Waals surface area (Å²) in [6, 6.07) is 3.28. The predicted octanol–water partition coefficient (Wildman–Crippen LogP) is 1.70. The summed E-state index contributed by atoms with van der Waals surface area (Å²) < 4.78 is 20.7. The van der Waals surface area contributed by atoms with Gasteiger partial charge < -0.3 is 23.8 Å². The van der Waals surface area contributed by atoms with Crippen LogP contribution in [0.25, 0.3) is 6.08 Å². The van der Waals surface area contributed by atoms with E-state index in [4.69, 9.17) is 18.9 Å². The topological polar surface area (TPSA) is 94.6 Å². The number of benzene rings is 1. The first-order valence-corrected chi connectivity index (χ1v) is 9.24. The van der Waals surface area contributed by atoms with Gasteiger partial charge >= 0.3 is 6.09 Å². The Morgan fingerprint density at radius 1 is 1.07 bits per heavy atom. The zero-order valence-corrected chi connectivity index (χ0v) is 16.7. The second kappa shape index (κ2) is 8.85. The molecule has 0 aromatic heterocycles. The third-order valence-corrected chi connectivity index (χ3v) is 5.03. The van der Waals surface area contributed by atoms with Crippen molar-refractivity contribution < 1.29 is 33.3 Å². The van der Waals surface area contributed by atoms with Gasteiger partial charge in [-0.2, -0.15) is 0 Å². The summed E-state index contributed by atoms with van der Waals surface area (Å²) in [6.07, 6.45) is 3.63. The molecule has 0 N–H and O–H groups in total. The van der Waals surface area contributed by atoms with Crippen LogP contribution in [-0.4, -0.2) is 74.8 Å². The van der Waals surface area contributed by atoms with E-state index in [9.17, 15) is 14.4 Å². The highest BCUT2D eigenvalue weighted by molar-refractivity contribution is 5.98. The van der Waals surface area contributed by atoms with Crippen LogP contribution in [0.5, 0.6) is 17.2 Å². The van der Waals surface area contributed by atoms with Crippen LogP contribution in [0.4, 0.5) is 4.79 Å². The number of amides is 3. The van der Waals surface area contributed by atoms with Crippen molar-refractivity contribution in [3.05, 3.63) is 23.8 Å². The molecule has 2 fully saturated rings. The Morgan fingerprint density at radius 2 is 1.69 bits per heavy atom. The molecule has 1 aromatic carbocycles. The monoisotopic (exact) mass is 404 g/mol. The summed E-state index contributed by atoms with van der Waals surface area (Å²) in [4.78, 5) is 38.8. The average Bonchev–Trinajstić information content (AvgIpc) is 3.09. The Balaban J connectivity index is 1.63. The zero-order valence-electron chi connectivity index (χ0n) is 16.7. The van der Waals surface area contributed by atoms with Crippen molar-refractivity contribution in [3.63, 3.8) is 0 Å². The van der Waals surface area contributed by atoms with Gasteiger partial charge in [0.2, 0.25) is 11.7 Å². The number of nitrogens with zero attached hydrogens (tertiary/aromatic N) is 2. The van der Waals surface area contributed by atoms with Gasteiger partial charge in [-0.3, -0.25) is 9.59 Å². The number of carbonyl (C=O) groups is 3. The number of carbonyl (C=O) groups excluding carboxylic acids is 3. The fourth-order valence-electron chi connectivity index (χ4n) is 3.53. The lowest BCUT2D eigenvalue weighted by atomic mass is 10.0. The second-order valence-electron chi connectivity index (χ2n) is 6.67. The fraction of sp³-hybridized carbons (Fsp3) is 0.450. The smallest absolute Gasteiger partial charge is 0.417 e. The van der Waals surface area contributed by atoms with Crippen molar-refractivity contribution >= 4 is 24.0 Å². The van der Waals surface area contributed by atoms with Crippen LogP contribution in [0.1, 0.15) is 18.4 Å². The molecular weight excluding hydrogens is 380 g/mol. The van der Waals surface area contributed by atoms with Crippen LogP contribution >= 0.6 is 0 Å². The standard InChI is InChI=1S/C20H24N2O7/c1-26-15-10-13(11-16(27-2)19(15)28-3)4-5-17(23)21-8-6-14(7-9-21)22-18(24)12-29-20(22)25/h4-5,10-11,14H,6-9,12H2,1-3H3/b5-4+. The molecular formula is C20H24N2O7. The van der Waals surface area contributed by atoms with Crippen LogP contribution in [0.2, 0.25) is 0 Å². The number of ether oxygens (including phenoxy) is 4. The number of hydrogen-bond acceptors (Lipinski definition) is 7. The van der Waals surface area contributed by atoms with E-state index in [0.29, 0.717) is 43.2 Å². The molecule has 0 spiro atoms. The van der Waals surface area contributed by atoms with Crippen molar-refractivity contribution in [1.82, 2.24) is 9.80 Å². The van der Waals surface area contributed by atoms with E-state index < -0.39 is 6.09 Å². The summed E-state index contributed by atoms with van der Waals surface area (Å²) in [7, 11) is 4.58. The molecule has 2 aliphatic heterocycles. The minimum atomic E-state index is -0.595. The Morgan fingerprint density at radius 3 is 2.17 bits per heavy atom.